The summed E-state index contributed by atoms with van der Waals surface area (Å²) in [5.41, 5.74) is 0.544. The molecule has 0 N–H and O–H groups in total. The molecule has 3 atom stereocenters. The quantitative estimate of drug-likeness (QED) is 0.621. The number of hydrogen-bond donors (Lipinski definition) is 0. The Labute approximate surface area is 96.4 Å². The molecule has 1 aliphatic rings. The van der Waals surface area contributed by atoms with Crippen molar-refractivity contribution >= 4 is 0 Å². The molecule has 1 fully saturated rings. The van der Waals surface area contributed by atoms with E-state index in [1.165, 1.54) is 49.7 Å². The molecule has 1 nitrogen and oxygen atoms in total. The van der Waals surface area contributed by atoms with Gasteiger partial charge in [0.25, 0.3) is 0 Å². The second kappa shape index (κ2) is 4.86. The summed E-state index contributed by atoms with van der Waals surface area (Å²) >= 11 is 0. The molecule has 1 rings (SSSR count). The van der Waals surface area contributed by atoms with Crippen molar-refractivity contribution in [1.82, 2.24) is 0 Å². The van der Waals surface area contributed by atoms with E-state index in [1.807, 2.05) is 0 Å². The van der Waals surface area contributed by atoms with Crippen molar-refractivity contribution in [2.45, 2.75) is 65.3 Å². The van der Waals surface area contributed by atoms with Crippen molar-refractivity contribution in [3.8, 4) is 0 Å². The first kappa shape index (κ1) is 13.0. The molecule has 1 heteroatoms. The maximum absolute atomic E-state index is 2.53. The maximum atomic E-state index is 2.53. The molecule has 1 saturated heterocycles. The van der Waals surface area contributed by atoms with Crippen molar-refractivity contribution < 1.29 is 4.48 Å². The van der Waals surface area contributed by atoms with Gasteiger partial charge in [-0.15, -0.1) is 0 Å². The summed E-state index contributed by atoms with van der Waals surface area (Å²) in [6.45, 7) is 12.3. The molecule has 0 aliphatic carbocycles. The summed E-state index contributed by atoms with van der Waals surface area (Å²) in [5.74, 6) is 0.985. The molecule has 0 saturated carbocycles. The van der Waals surface area contributed by atoms with Crippen LogP contribution in [0, 0.1) is 5.92 Å². The Morgan fingerprint density at radius 2 is 1.93 bits per heavy atom. The second-order valence-corrected chi connectivity index (χ2v) is 5.95. The average Bonchev–Trinajstić information content (AvgIpc) is 2.23. The fourth-order valence-corrected chi connectivity index (χ4v) is 3.48. The molecule has 0 aromatic rings. The number of nitrogens with zero attached hydrogens (tertiary/aromatic N) is 1. The third-order valence-electron chi connectivity index (χ3n) is 5.13. The van der Waals surface area contributed by atoms with Gasteiger partial charge in [0.1, 0.15) is 0 Å². The van der Waals surface area contributed by atoms with Crippen molar-refractivity contribution in [3.05, 3.63) is 0 Å². The zero-order valence-corrected chi connectivity index (χ0v) is 11.5. The Balaban J connectivity index is 2.82. The fraction of sp³-hybridized carbons (Fsp3) is 1.00. The first-order valence-electron chi connectivity index (χ1n) is 6.86. The average molecular weight is 212 g/mol. The number of quaternary nitrogens is 1. The van der Waals surface area contributed by atoms with Gasteiger partial charge in [-0.3, -0.25) is 0 Å². The molecule has 0 aromatic carbocycles. The molecule has 0 aromatic heterocycles. The van der Waals surface area contributed by atoms with Crippen LogP contribution in [0.3, 0.4) is 0 Å². The molecule has 15 heavy (non-hydrogen) atoms. The van der Waals surface area contributed by atoms with E-state index in [-0.39, 0.29) is 0 Å². The third kappa shape index (κ3) is 2.38. The molecular weight excluding hydrogens is 182 g/mol. The maximum Gasteiger partial charge on any atom is 0.0964 e. The van der Waals surface area contributed by atoms with Crippen LogP contribution in [-0.2, 0) is 0 Å². The minimum Gasteiger partial charge on any atom is -0.322 e. The Morgan fingerprint density at radius 1 is 1.27 bits per heavy atom. The summed E-state index contributed by atoms with van der Waals surface area (Å²) in [6, 6.07) is 0. The van der Waals surface area contributed by atoms with Crippen molar-refractivity contribution in [2.24, 2.45) is 5.92 Å². The van der Waals surface area contributed by atoms with Crippen LogP contribution in [0.2, 0.25) is 0 Å². The Morgan fingerprint density at radius 3 is 2.40 bits per heavy atom. The monoisotopic (exact) mass is 212 g/mol. The zero-order chi connectivity index (χ0) is 11.5. The van der Waals surface area contributed by atoms with Gasteiger partial charge in [-0.1, -0.05) is 26.7 Å². The standard InChI is InChI=1S/C14H30N/c1-6-10-14(4)12-13(7-2)9-11-15(14,5)8-3/h13H,6-12H2,1-5H3/q+1. The van der Waals surface area contributed by atoms with Gasteiger partial charge in [-0.25, -0.2) is 0 Å². The highest BCUT2D eigenvalue weighted by Gasteiger charge is 2.46. The van der Waals surface area contributed by atoms with Gasteiger partial charge in [0.15, 0.2) is 0 Å². The van der Waals surface area contributed by atoms with E-state index in [0.29, 0.717) is 5.54 Å². The summed E-state index contributed by atoms with van der Waals surface area (Å²) in [6.07, 6.45) is 7.00. The Kier molecular flexibility index (Phi) is 4.22. The van der Waals surface area contributed by atoms with Crippen LogP contribution in [0.4, 0.5) is 0 Å². The van der Waals surface area contributed by atoms with Crippen LogP contribution >= 0.6 is 0 Å². The van der Waals surface area contributed by atoms with Crippen molar-refractivity contribution in [1.29, 1.82) is 0 Å². The van der Waals surface area contributed by atoms with Gasteiger partial charge >= 0.3 is 0 Å². The largest absolute Gasteiger partial charge is 0.322 e. The highest BCUT2D eigenvalue weighted by molar-refractivity contribution is 4.83. The normalized spacial score (nSPS) is 41.8. The lowest BCUT2D eigenvalue weighted by Crippen LogP contribution is -2.64. The highest BCUT2D eigenvalue weighted by atomic mass is 15.4. The molecule has 3 unspecified atom stereocenters. The van der Waals surface area contributed by atoms with Crippen LogP contribution in [0.15, 0.2) is 0 Å². The predicted octanol–water partition coefficient (Wildman–Crippen LogP) is 3.83. The number of likely N-dealkylation sites (tertiary alicyclic amines) is 1. The van der Waals surface area contributed by atoms with E-state index in [2.05, 4.69) is 34.7 Å². The first-order chi connectivity index (χ1) is 7.01. The number of hydrogen-bond acceptors (Lipinski definition) is 0. The van der Waals surface area contributed by atoms with E-state index >= 15 is 0 Å². The van der Waals surface area contributed by atoms with E-state index in [1.54, 1.807) is 0 Å². The molecule has 1 aliphatic heterocycles. The summed E-state index contributed by atoms with van der Waals surface area (Å²) in [5, 5.41) is 0. The molecule has 0 radical (unpaired) electrons. The third-order valence-corrected chi connectivity index (χ3v) is 5.13. The van der Waals surface area contributed by atoms with Crippen LogP contribution in [0.25, 0.3) is 0 Å². The molecule has 0 spiro atoms. The first-order valence-corrected chi connectivity index (χ1v) is 6.86. The molecule has 0 amide bonds. The molecular formula is C14H30N+. The van der Waals surface area contributed by atoms with Crippen LogP contribution in [0.1, 0.15) is 59.8 Å². The SMILES string of the molecule is CCCC1(C)CC(CC)CC[N+]1(C)CC. The second-order valence-electron chi connectivity index (χ2n) is 5.95. The van der Waals surface area contributed by atoms with Gasteiger partial charge in [-0.05, 0) is 26.2 Å². The van der Waals surface area contributed by atoms with Gasteiger partial charge in [-0.2, -0.15) is 0 Å². The molecule has 90 valence electrons. The van der Waals surface area contributed by atoms with Gasteiger partial charge < -0.3 is 4.48 Å². The minimum atomic E-state index is 0.544. The smallest absolute Gasteiger partial charge is 0.0964 e. The van der Waals surface area contributed by atoms with Crippen molar-refractivity contribution in [3.63, 3.8) is 0 Å². The van der Waals surface area contributed by atoms with E-state index < -0.39 is 0 Å². The van der Waals surface area contributed by atoms with Gasteiger partial charge in [0, 0.05) is 12.8 Å². The number of piperidine rings is 1. The lowest BCUT2D eigenvalue weighted by molar-refractivity contribution is -0.962. The van der Waals surface area contributed by atoms with Crippen LogP contribution in [-0.4, -0.2) is 30.2 Å². The lowest BCUT2D eigenvalue weighted by atomic mass is 9.76. The summed E-state index contributed by atoms with van der Waals surface area (Å²) in [4.78, 5) is 0. The Bertz CT molecular complexity index is 202. The summed E-state index contributed by atoms with van der Waals surface area (Å²) in [7, 11) is 2.47. The number of rotatable bonds is 4. The highest BCUT2D eigenvalue weighted by Crippen LogP contribution is 2.40. The molecule has 1 heterocycles. The van der Waals surface area contributed by atoms with E-state index in [4.69, 9.17) is 0 Å². The van der Waals surface area contributed by atoms with E-state index in [9.17, 15) is 0 Å². The van der Waals surface area contributed by atoms with Crippen LogP contribution in [0.5, 0.6) is 0 Å². The summed E-state index contributed by atoms with van der Waals surface area (Å²) < 4.78 is 1.30. The zero-order valence-electron chi connectivity index (χ0n) is 11.5. The lowest BCUT2D eigenvalue weighted by Gasteiger charge is -2.54. The fourth-order valence-electron chi connectivity index (χ4n) is 3.48. The van der Waals surface area contributed by atoms with Gasteiger partial charge in [0.05, 0.1) is 25.7 Å². The predicted molar refractivity (Wildman–Crippen MR) is 67.9 cm³/mol. The molecule has 0 bridgehead atoms. The van der Waals surface area contributed by atoms with Crippen molar-refractivity contribution in [2.75, 3.05) is 20.1 Å². The van der Waals surface area contributed by atoms with Gasteiger partial charge in [0.2, 0.25) is 0 Å². The minimum absolute atomic E-state index is 0.544. The van der Waals surface area contributed by atoms with Crippen LogP contribution < -0.4 is 0 Å². The van der Waals surface area contributed by atoms with E-state index in [0.717, 1.165) is 5.92 Å². The topological polar surface area (TPSA) is 0 Å². The Hall–Kier alpha value is -0.0400.